The molecular formula is C6H13N3O. The molecule has 1 aliphatic rings. The van der Waals surface area contributed by atoms with Gasteiger partial charge in [0, 0.05) is 25.7 Å². The number of carbonyl (C=O) groups excluding carboxylic acids is 1. The van der Waals surface area contributed by atoms with E-state index >= 15 is 0 Å². The van der Waals surface area contributed by atoms with Gasteiger partial charge in [0.25, 0.3) is 0 Å². The van der Waals surface area contributed by atoms with E-state index in [1.165, 1.54) is 0 Å². The van der Waals surface area contributed by atoms with Crippen LogP contribution in [0.1, 0.15) is 6.92 Å². The van der Waals surface area contributed by atoms with E-state index in [0.29, 0.717) is 0 Å². The number of amides is 2. The van der Waals surface area contributed by atoms with Crippen LogP contribution in [0.15, 0.2) is 0 Å². The Morgan fingerprint density at radius 1 is 1.80 bits per heavy atom. The lowest BCUT2D eigenvalue weighted by Crippen LogP contribution is -2.53. The van der Waals surface area contributed by atoms with Crippen molar-refractivity contribution in [3.05, 3.63) is 0 Å². The topological polar surface area (TPSA) is 58.4 Å². The van der Waals surface area contributed by atoms with Crippen LogP contribution in [0.4, 0.5) is 4.79 Å². The summed E-state index contributed by atoms with van der Waals surface area (Å²) in [6, 6.07) is -0.0692. The maximum absolute atomic E-state index is 10.7. The lowest BCUT2D eigenvalue weighted by molar-refractivity contribution is 0.173. The lowest BCUT2D eigenvalue weighted by Gasteiger charge is -2.32. The van der Waals surface area contributed by atoms with Crippen molar-refractivity contribution in [1.29, 1.82) is 0 Å². The molecule has 1 saturated heterocycles. The summed E-state index contributed by atoms with van der Waals surface area (Å²) < 4.78 is 0. The summed E-state index contributed by atoms with van der Waals surface area (Å²) >= 11 is 0. The number of urea groups is 1. The van der Waals surface area contributed by atoms with Gasteiger partial charge in [-0.3, -0.25) is 0 Å². The predicted molar refractivity (Wildman–Crippen MR) is 38.6 cm³/mol. The van der Waals surface area contributed by atoms with Crippen LogP contribution in [0.2, 0.25) is 0 Å². The minimum Gasteiger partial charge on any atom is -0.351 e. The van der Waals surface area contributed by atoms with E-state index in [1.807, 2.05) is 6.92 Å². The molecule has 2 amide bonds. The largest absolute Gasteiger partial charge is 0.351 e. The van der Waals surface area contributed by atoms with Crippen molar-refractivity contribution in [3.8, 4) is 0 Å². The number of nitrogens with two attached hydrogens (primary N) is 1. The van der Waals surface area contributed by atoms with Crippen LogP contribution in [0, 0.1) is 0 Å². The minimum atomic E-state index is -0.311. The second-order valence-corrected chi connectivity index (χ2v) is 2.58. The summed E-state index contributed by atoms with van der Waals surface area (Å²) in [4.78, 5) is 12.4. The van der Waals surface area contributed by atoms with E-state index in [0.717, 1.165) is 19.6 Å². The molecule has 1 aliphatic heterocycles. The van der Waals surface area contributed by atoms with Gasteiger partial charge in [-0.1, -0.05) is 0 Å². The van der Waals surface area contributed by atoms with E-state index in [4.69, 9.17) is 5.73 Å². The van der Waals surface area contributed by atoms with Gasteiger partial charge in [-0.05, 0) is 6.92 Å². The third-order valence-electron chi connectivity index (χ3n) is 1.78. The Labute approximate surface area is 60.4 Å². The first-order valence-electron chi connectivity index (χ1n) is 3.48. The molecule has 1 atom stereocenters. The van der Waals surface area contributed by atoms with Crippen molar-refractivity contribution >= 4 is 6.03 Å². The smallest absolute Gasteiger partial charge is 0.315 e. The third-order valence-corrected chi connectivity index (χ3v) is 1.78. The van der Waals surface area contributed by atoms with Crippen LogP contribution < -0.4 is 11.1 Å². The number of hydrogen-bond acceptors (Lipinski definition) is 2. The number of rotatable bonds is 0. The first kappa shape index (κ1) is 7.34. The maximum atomic E-state index is 10.7. The quantitative estimate of drug-likeness (QED) is 0.474. The summed E-state index contributed by atoms with van der Waals surface area (Å²) in [5, 5.41) is 3.17. The monoisotopic (exact) mass is 143 g/mol. The number of nitrogens with zero attached hydrogens (tertiary/aromatic N) is 1. The van der Waals surface area contributed by atoms with Gasteiger partial charge in [-0.25, -0.2) is 4.79 Å². The molecule has 3 N–H and O–H groups in total. The Hall–Kier alpha value is -0.770. The first-order valence-corrected chi connectivity index (χ1v) is 3.48. The molecule has 0 spiro atoms. The number of primary amides is 1. The zero-order valence-corrected chi connectivity index (χ0v) is 6.13. The average Bonchev–Trinajstić information content (AvgIpc) is 1.88. The molecule has 1 heterocycles. The molecular weight excluding hydrogens is 130 g/mol. The molecule has 4 nitrogen and oxygen atoms in total. The van der Waals surface area contributed by atoms with E-state index in [-0.39, 0.29) is 12.1 Å². The minimum absolute atomic E-state index is 0.242. The van der Waals surface area contributed by atoms with Crippen molar-refractivity contribution in [2.75, 3.05) is 19.6 Å². The van der Waals surface area contributed by atoms with Gasteiger partial charge >= 0.3 is 6.03 Å². The van der Waals surface area contributed by atoms with Crippen molar-refractivity contribution in [1.82, 2.24) is 10.2 Å². The highest BCUT2D eigenvalue weighted by atomic mass is 16.2. The molecule has 0 aromatic rings. The molecule has 0 bridgehead atoms. The first-order chi connectivity index (χ1) is 4.72. The van der Waals surface area contributed by atoms with Crippen molar-refractivity contribution in [3.63, 3.8) is 0 Å². The van der Waals surface area contributed by atoms with Crippen LogP contribution in [0.3, 0.4) is 0 Å². The van der Waals surface area contributed by atoms with Gasteiger partial charge in [-0.2, -0.15) is 0 Å². The van der Waals surface area contributed by atoms with Crippen LogP contribution in [0.5, 0.6) is 0 Å². The Bertz CT molecular complexity index is 137. The molecule has 4 heteroatoms. The van der Waals surface area contributed by atoms with Gasteiger partial charge in [0.15, 0.2) is 0 Å². The van der Waals surface area contributed by atoms with Crippen molar-refractivity contribution in [2.45, 2.75) is 13.0 Å². The zero-order valence-electron chi connectivity index (χ0n) is 6.13. The number of nitrogens with one attached hydrogen (secondary N) is 1. The molecule has 0 aromatic carbocycles. The number of hydrogen-bond donors (Lipinski definition) is 2. The third kappa shape index (κ3) is 1.39. The van der Waals surface area contributed by atoms with Gasteiger partial charge in [-0.15, -0.1) is 0 Å². The average molecular weight is 143 g/mol. The Balaban J connectivity index is 2.47. The van der Waals surface area contributed by atoms with Crippen LogP contribution in [-0.4, -0.2) is 36.6 Å². The van der Waals surface area contributed by atoms with E-state index in [2.05, 4.69) is 5.32 Å². The second kappa shape index (κ2) is 2.88. The molecule has 58 valence electrons. The van der Waals surface area contributed by atoms with Gasteiger partial charge < -0.3 is 16.0 Å². The predicted octanol–water partition coefficient (Wildman–Crippen LogP) is -0.641. The Kier molecular flexibility index (Phi) is 2.11. The van der Waals surface area contributed by atoms with Crippen molar-refractivity contribution in [2.24, 2.45) is 5.73 Å². The van der Waals surface area contributed by atoms with E-state index < -0.39 is 0 Å². The van der Waals surface area contributed by atoms with Crippen LogP contribution in [0.25, 0.3) is 0 Å². The highest BCUT2D eigenvalue weighted by molar-refractivity contribution is 5.72. The molecule has 0 aliphatic carbocycles. The van der Waals surface area contributed by atoms with Gasteiger partial charge in [0.1, 0.15) is 0 Å². The highest BCUT2D eigenvalue weighted by Crippen LogP contribution is 2.00. The zero-order chi connectivity index (χ0) is 7.56. The van der Waals surface area contributed by atoms with Crippen LogP contribution in [-0.2, 0) is 0 Å². The van der Waals surface area contributed by atoms with E-state index in [1.54, 1.807) is 4.90 Å². The molecule has 0 radical (unpaired) electrons. The second-order valence-electron chi connectivity index (χ2n) is 2.58. The standard InChI is InChI=1S/C6H13N3O/c1-5-4-8-2-3-9(5)6(7)10/h5,8H,2-4H2,1H3,(H2,7,10)/t5-/m0/s1. The molecule has 1 fully saturated rings. The fourth-order valence-electron chi connectivity index (χ4n) is 1.17. The molecule has 0 saturated carbocycles. The van der Waals surface area contributed by atoms with Crippen molar-refractivity contribution < 1.29 is 4.79 Å². The molecule has 0 aromatic heterocycles. The number of carbonyl (C=O) groups is 1. The normalized spacial score (nSPS) is 26.5. The van der Waals surface area contributed by atoms with Crippen LogP contribution >= 0.6 is 0 Å². The summed E-state index contributed by atoms with van der Waals surface area (Å²) in [7, 11) is 0. The summed E-state index contributed by atoms with van der Waals surface area (Å²) in [5.41, 5.74) is 5.12. The highest BCUT2D eigenvalue weighted by Gasteiger charge is 2.19. The summed E-state index contributed by atoms with van der Waals surface area (Å²) in [5.74, 6) is 0. The van der Waals surface area contributed by atoms with Gasteiger partial charge in [0.2, 0.25) is 0 Å². The SMILES string of the molecule is C[C@H]1CNCCN1C(N)=O. The maximum Gasteiger partial charge on any atom is 0.315 e. The Morgan fingerprint density at radius 3 is 2.90 bits per heavy atom. The molecule has 10 heavy (non-hydrogen) atoms. The fourth-order valence-corrected chi connectivity index (χ4v) is 1.17. The Morgan fingerprint density at radius 2 is 2.50 bits per heavy atom. The summed E-state index contributed by atoms with van der Waals surface area (Å²) in [6.07, 6.45) is 0. The number of piperazine rings is 1. The summed E-state index contributed by atoms with van der Waals surface area (Å²) in [6.45, 7) is 4.42. The molecule has 1 rings (SSSR count). The lowest BCUT2D eigenvalue weighted by atomic mass is 10.2. The fraction of sp³-hybridized carbons (Fsp3) is 0.833. The van der Waals surface area contributed by atoms with E-state index in [9.17, 15) is 4.79 Å². The van der Waals surface area contributed by atoms with Gasteiger partial charge in [0.05, 0.1) is 0 Å². The molecule has 0 unspecified atom stereocenters.